The molecule has 1 N–H and O–H groups in total. The number of aromatic nitrogens is 1. The lowest BCUT2D eigenvalue weighted by Gasteiger charge is -2.12. The Kier molecular flexibility index (Phi) is 8.99. The summed E-state index contributed by atoms with van der Waals surface area (Å²) in [6.07, 6.45) is 13.0. The van der Waals surface area contributed by atoms with Crippen LogP contribution in [0.4, 0.5) is 0 Å². The number of methoxy groups -OCH3 is 1. The predicted molar refractivity (Wildman–Crippen MR) is 115 cm³/mol. The number of benzene rings is 1. The maximum absolute atomic E-state index is 12.2. The number of carbonyl (C=O) groups is 1. The molecular weight excluding hydrogens is 348 g/mol. The molecule has 1 heterocycles. The second-order valence-corrected chi connectivity index (χ2v) is 6.86. The molecule has 0 unspecified atom stereocenters. The van der Waals surface area contributed by atoms with Crippen molar-refractivity contribution in [3.05, 3.63) is 78.1 Å². The van der Waals surface area contributed by atoms with Crippen molar-refractivity contribution >= 4 is 11.5 Å². The Morgan fingerprint density at radius 3 is 2.68 bits per heavy atom. The standard InChI is InChI=1S/C24H30N2O2/c1-4-5-9-21(22-12-14-23(28-3)15-13-22)10-6-11-24(27)26-19(2)17-20-8-7-16-25-18-20/h6-8,10-16,18-19H,4-5,9,17H2,1-3H3,(H,26,27)/b11-6+,21-10+/t19-/m1/s1. The van der Waals surface area contributed by atoms with Gasteiger partial charge in [-0.1, -0.05) is 43.7 Å². The lowest BCUT2D eigenvalue weighted by molar-refractivity contribution is -0.117. The molecule has 4 heteroatoms. The Labute approximate surface area is 168 Å². The van der Waals surface area contributed by atoms with Gasteiger partial charge in [0.25, 0.3) is 0 Å². The number of hydrogen-bond donors (Lipinski definition) is 1. The fourth-order valence-electron chi connectivity index (χ4n) is 2.96. The smallest absolute Gasteiger partial charge is 0.244 e. The van der Waals surface area contributed by atoms with Crippen LogP contribution in [0.1, 0.15) is 44.2 Å². The van der Waals surface area contributed by atoms with Crippen LogP contribution in [0.15, 0.2) is 67.0 Å². The number of ether oxygens (including phenoxy) is 1. The van der Waals surface area contributed by atoms with Crippen LogP contribution < -0.4 is 10.1 Å². The van der Waals surface area contributed by atoms with Gasteiger partial charge in [0.1, 0.15) is 5.75 Å². The van der Waals surface area contributed by atoms with Gasteiger partial charge < -0.3 is 10.1 Å². The van der Waals surface area contributed by atoms with Crippen molar-refractivity contribution in [2.24, 2.45) is 0 Å². The summed E-state index contributed by atoms with van der Waals surface area (Å²) in [5.74, 6) is 0.758. The summed E-state index contributed by atoms with van der Waals surface area (Å²) in [5, 5.41) is 3.00. The second kappa shape index (κ2) is 11.8. The van der Waals surface area contributed by atoms with Crippen molar-refractivity contribution in [3.8, 4) is 5.75 Å². The van der Waals surface area contributed by atoms with Crippen molar-refractivity contribution in [1.82, 2.24) is 10.3 Å². The van der Waals surface area contributed by atoms with E-state index in [9.17, 15) is 4.79 Å². The number of carbonyl (C=O) groups excluding carboxylic acids is 1. The van der Waals surface area contributed by atoms with Crippen LogP contribution in [-0.2, 0) is 11.2 Å². The Bertz CT molecular complexity index is 780. The van der Waals surface area contributed by atoms with E-state index >= 15 is 0 Å². The summed E-state index contributed by atoms with van der Waals surface area (Å²) >= 11 is 0. The Morgan fingerprint density at radius 1 is 1.25 bits per heavy atom. The molecular formula is C24H30N2O2. The first kappa shape index (κ1) is 21.4. The van der Waals surface area contributed by atoms with Gasteiger partial charge in [0.2, 0.25) is 5.91 Å². The molecule has 0 saturated carbocycles. The third-order valence-electron chi connectivity index (χ3n) is 4.46. The van der Waals surface area contributed by atoms with E-state index in [4.69, 9.17) is 4.74 Å². The molecule has 0 bridgehead atoms. The van der Waals surface area contributed by atoms with E-state index in [0.717, 1.165) is 42.6 Å². The topological polar surface area (TPSA) is 51.2 Å². The zero-order valence-electron chi connectivity index (χ0n) is 17.0. The van der Waals surface area contributed by atoms with Crippen molar-refractivity contribution < 1.29 is 9.53 Å². The zero-order chi connectivity index (χ0) is 20.2. The molecule has 1 atom stereocenters. The number of amides is 1. The average Bonchev–Trinajstić information content (AvgIpc) is 2.71. The first-order valence-electron chi connectivity index (χ1n) is 9.83. The maximum Gasteiger partial charge on any atom is 0.244 e. The van der Waals surface area contributed by atoms with Crippen LogP contribution in [0.25, 0.3) is 5.57 Å². The highest BCUT2D eigenvalue weighted by Gasteiger charge is 2.06. The molecule has 0 spiro atoms. The minimum atomic E-state index is -0.0859. The SMILES string of the molecule is CCCC/C(=C\C=C\C(=O)N[C@H](C)Cc1cccnc1)c1ccc(OC)cc1. The lowest BCUT2D eigenvalue weighted by atomic mass is 9.99. The highest BCUT2D eigenvalue weighted by molar-refractivity contribution is 5.88. The van der Waals surface area contributed by atoms with E-state index in [1.54, 1.807) is 19.4 Å². The average molecular weight is 379 g/mol. The van der Waals surface area contributed by atoms with E-state index < -0.39 is 0 Å². The summed E-state index contributed by atoms with van der Waals surface area (Å²) in [4.78, 5) is 16.3. The molecule has 0 saturated heterocycles. The molecule has 1 aromatic heterocycles. The molecule has 0 fully saturated rings. The molecule has 148 valence electrons. The molecule has 4 nitrogen and oxygen atoms in total. The maximum atomic E-state index is 12.2. The van der Waals surface area contributed by atoms with Gasteiger partial charge in [-0.3, -0.25) is 9.78 Å². The van der Waals surface area contributed by atoms with Crippen LogP contribution in [0, 0.1) is 0 Å². The molecule has 0 aliphatic heterocycles. The highest BCUT2D eigenvalue weighted by Crippen LogP contribution is 2.23. The van der Waals surface area contributed by atoms with Crippen LogP contribution in [0.3, 0.4) is 0 Å². The minimum Gasteiger partial charge on any atom is -0.497 e. The van der Waals surface area contributed by atoms with Gasteiger partial charge in [0, 0.05) is 24.5 Å². The van der Waals surface area contributed by atoms with Crippen molar-refractivity contribution in [2.75, 3.05) is 7.11 Å². The minimum absolute atomic E-state index is 0.0477. The van der Waals surface area contributed by atoms with E-state index in [1.165, 1.54) is 5.57 Å². The van der Waals surface area contributed by atoms with E-state index in [1.807, 2.05) is 49.5 Å². The number of nitrogens with zero attached hydrogens (tertiary/aromatic N) is 1. The normalized spacial score (nSPS) is 12.8. The number of allylic oxidation sites excluding steroid dienone is 3. The first-order chi connectivity index (χ1) is 13.6. The summed E-state index contributed by atoms with van der Waals surface area (Å²) in [7, 11) is 1.67. The van der Waals surface area contributed by atoms with E-state index in [2.05, 4.69) is 29.4 Å². The van der Waals surface area contributed by atoms with E-state index in [0.29, 0.717) is 0 Å². The summed E-state index contributed by atoms with van der Waals surface area (Å²) < 4.78 is 5.23. The zero-order valence-corrected chi connectivity index (χ0v) is 17.0. The van der Waals surface area contributed by atoms with Crippen LogP contribution >= 0.6 is 0 Å². The largest absolute Gasteiger partial charge is 0.497 e. The quantitative estimate of drug-likeness (QED) is 0.469. The van der Waals surface area contributed by atoms with Gasteiger partial charge >= 0.3 is 0 Å². The molecule has 0 aliphatic carbocycles. The molecule has 0 radical (unpaired) electrons. The molecule has 28 heavy (non-hydrogen) atoms. The van der Waals surface area contributed by atoms with E-state index in [-0.39, 0.29) is 11.9 Å². The van der Waals surface area contributed by atoms with Gasteiger partial charge in [0.05, 0.1) is 7.11 Å². The molecule has 1 amide bonds. The van der Waals surface area contributed by atoms with Gasteiger partial charge in [0.15, 0.2) is 0 Å². The monoisotopic (exact) mass is 378 g/mol. The second-order valence-electron chi connectivity index (χ2n) is 6.86. The third-order valence-corrected chi connectivity index (χ3v) is 4.46. The highest BCUT2D eigenvalue weighted by atomic mass is 16.5. The summed E-state index contributed by atoms with van der Waals surface area (Å²) in [6, 6.07) is 12.0. The Balaban J connectivity index is 1.97. The van der Waals surface area contributed by atoms with Gasteiger partial charge in [-0.2, -0.15) is 0 Å². The molecule has 2 rings (SSSR count). The lowest BCUT2D eigenvalue weighted by Crippen LogP contribution is -2.32. The Hall–Kier alpha value is -2.88. The van der Waals surface area contributed by atoms with Gasteiger partial charge in [-0.05, 0) is 61.1 Å². The number of hydrogen-bond acceptors (Lipinski definition) is 3. The van der Waals surface area contributed by atoms with Gasteiger partial charge in [-0.25, -0.2) is 0 Å². The predicted octanol–water partition coefficient (Wildman–Crippen LogP) is 4.97. The fourth-order valence-corrected chi connectivity index (χ4v) is 2.96. The van der Waals surface area contributed by atoms with Crippen molar-refractivity contribution in [2.45, 2.75) is 45.6 Å². The first-order valence-corrected chi connectivity index (χ1v) is 9.83. The number of nitrogens with one attached hydrogen (secondary N) is 1. The van der Waals surface area contributed by atoms with Crippen LogP contribution in [-0.4, -0.2) is 24.0 Å². The van der Waals surface area contributed by atoms with Gasteiger partial charge in [-0.15, -0.1) is 0 Å². The number of rotatable bonds is 10. The third kappa shape index (κ3) is 7.39. The number of unbranched alkanes of at least 4 members (excludes halogenated alkanes) is 1. The summed E-state index contributed by atoms with van der Waals surface area (Å²) in [5.41, 5.74) is 3.49. The number of pyridine rings is 1. The Morgan fingerprint density at radius 2 is 2.04 bits per heavy atom. The van der Waals surface area contributed by atoms with Crippen molar-refractivity contribution in [3.63, 3.8) is 0 Å². The molecule has 1 aromatic carbocycles. The van der Waals surface area contributed by atoms with Crippen LogP contribution in [0.5, 0.6) is 5.75 Å². The summed E-state index contributed by atoms with van der Waals surface area (Å²) in [6.45, 7) is 4.18. The van der Waals surface area contributed by atoms with Crippen molar-refractivity contribution in [1.29, 1.82) is 0 Å². The molecule has 2 aromatic rings. The van der Waals surface area contributed by atoms with Crippen LogP contribution in [0.2, 0.25) is 0 Å². The molecule has 0 aliphatic rings. The fraction of sp³-hybridized carbons (Fsp3) is 0.333.